The Kier molecular flexibility index (Phi) is 5.13. The first-order valence-electron chi connectivity index (χ1n) is 6.09. The first-order valence-corrected chi connectivity index (χ1v) is 7.57. The third-order valence-electron chi connectivity index (χ3n) is 2.82. The highest BCUT2D eigenvalue weighted by Crippen LogP contribution is 2.25. The second-order valence-electron chi connectivity index (χ2n) is 4.84. The van der Waals surface area contributed by atoms with E-state index in [0.717, 1.165) is 5.56 Å². The normalized spacial score (nSPS) is 13.2. The van der Waals surface area contributed by atoms with Gasteiger partial charge in [-0.1, -0.05) is 19.9 Å². The lowest BCUT2D eigenvalue weighted by molar-refractivity contribution is -0.140. The van der Waals surface area contributed by atoms with Crippen LogP contribution in [0.1, 0.15) is 19.4 Å². The van der Waals surface area contributed by atoms with Crippen LogP contribution in [0.3, 0.4) is 0 Å². The average Bonchev–Trinajstić information content (AvgIpc) is 2.35. The Morgan fingerprint density at radius 3 is 2.40 bits per heavy atom. The molecule has 0 aliphatic carbocycles. The van der Waals surface area contributed by atoms with Crippen LogP contribution in [0.15, 0.2) is 23.1 Å². The van der Waals surface area contributed by atoms with Gasteiger partial charge in [0.15, 0.2) is 0 Å². The molecule has 0 saturated heterocycles. The van der Waals surface area contributed by atoms with E-state index in [1.807, 2.05) is 0 Å². The summed E-state index contributed by atoms with van der Waals surface area (Å²) in [6.45, 7) is 5.01. The minimum absolute atomic E-state index is 0.0631. The molecule has 0 aromatic heterocycles. The monoisotopic (exact) mass is 301 g/mol. The van der Waals surface area contributed by atoms with Gasteiger partial charge in [-0.25, -0.2) is 8.42 Å². The Hall–Kier alpha value is -1.60. The van der Waals surface area contributed by atoms with Gasteiger partial charge in [-0.15, -0.1) is 0 Å². The van der Waals surface area contributed by atoms with Crippen LogP contribution in [0.4, 0.5) is 0 Å². The van der Waals surface area contributed by atoms with Crippen molar-refractivity contribution in [2.45, 2.75) is 31.7 Å². The van der Waals surface area contributed by atoms with Crippen LogP contribution in [0.25, 0.3) is 0 Å². The summed E-state index contributed by atoms with van der Waals surface area (Å²) in [5.74, 6) is -1.41. The van der Waals surface area contributed by atoms with Crippen LogP contribution in [0.2, 0.25) is 0 Å². The zero-order valence-corrected chi connectivity index (χ0v) is 12.7. The number of aliphatic carboxylic acids is 1. The standard InChI is InChI=1S/C13H19NO5S/c1-8(2)12(13(15)16)14-20(17,18)11-7-9(3)5-6-10(11)19-4/h5-8,12,14H,1-4H3,(H,15,16)/t12-/m0/s1. The molecule has 6 nitrogen and oxygen atoms in total. The van der Waals surface area contributed by atoms with Gasteiger partial charge in [-0.05, 0) is 30.5 Å². The number of ether oxygens (including phenoxy) is 1. The summed E-state index contributed by atoms with van der Waals surface area (Å²) in [5.41, 5.74) is 0.739. The molecule has 112 valence electrons. The van der Waals surface area contributed by atoms with Gasteiger partial charge in [-0.3, -0.25) is 4.79 Å². The van der Waals surface area contributed by atoms with E-state index in [-0.39, 0.29) is 16.6 Å². The van der Waals surface area contributed by atoms with E-state index in [4.69, 9.17) is 9.84 Å². The molecule has 0 saturated carbocycles. The number of hydrogen-bond acceptors (Lipinski definition) is 4. The Balaban J connectivity index is 3.23. The SMILES string of the molecule is COc1ccc(C)cc1S(=O)(=O)N[C@H](C(=O)O)C(C)C. The summed E-state index contributed by atoms with van der Waals surface area (Å²) in [6.07, 6.45) is 0. The molecule has 7 heteroatoms. The van der Waals surface area contributed by atoms with Gasteiger partial charge in [0.2, 0.25) is 10.0 Å². The zero-order chi connectivity index (χ0) is 15.5. The van der Waals surface area contributed by atoms with Crippen LogP contribution in [0, 0.1) is 12.8 Å². The lowest BCUT2D eigenvalue weighted by Crippen LogP contribution is -2.44. The fourth-order valence-corrected chi connectivity index (χ4v) is 3.29. The van der Waals surface area contributed by atoms with Gasteiger partial charge in [0, 0.05) is 0 Å². The maximum Gasteiger partial charge on any atom is 0.322 e. The summed E-state index contributed by atoms with van der Waals surface area (Å²) in [6, 6.07) is 3.51. The molecule has 0 fully saturated rings. The topological polar surface area (TPSA) is 92.7 Å². The van der Waals surface area contributed by atoms with Crippen molar-refractivity contribution in [1.82, 2.24) is 4.72 Å². The molecule has 0 aliphatic heterocycles. The smallest absolute Gasteiger partial charge is 0.322 e. The van der Waals surface area contributed by atoms with Gasteiger partial charge < -0.3 is 9.84 Å². The van der Waals surface area contributed by atoms with E-state index in [1.165, 1.54) is 19.2 Å². The van der Waals surface area contributed by atoms with Gasteiger partial charge in [0.25, 0.3) is 0 Å². The van der Waals surface area contributed by atoms with Crippen molar-refractivity contribution in [2.24, 2.45) is 5.92 Å². The van der Waals surface area contributed by atoms with Gasteiger partial charge in [0.05, 0.1) is 7.11 Å². The maximum atomic E-state index is 12.3. The predicted octanol–water partition coefficient (Wildman–Crippen LogP) is 1.39. The molecule has 0 radical (unpaired) electrons. The molecule has 0 aliphatic rings. The van der Waals surface area contributed by atoms with Crippen LogP contribution in [-0.4, -0.2) is 32.6 Å². The van der Waals surface area contributed by atoms with Gasteiger partial charge in [0.1, 0.15) is 16.7 Å². The molecule has 0 bridgehead atoms. The van der Waals surface area contributed by atoms with E-state index in [1.54, 1.807) is 26.8 Å². The Labute approximate surface area is 118 Å². The number of carboxylic acid groups (broad SMARTS) is 1. The van der Waals surface area contributed by atoms with E-state index >= 15 is 0 Å². The summed E-state index contributed by atoms with van der Waals surface area (Å²) in [4.78, 5) is 11.1. The van der Waals surface area contributed by atoms with Crippen LogP contribution >= 0.6 is 0 Å². The zero-order valence-electron chi connectivity index (χ0n) is 11.9. The third kappa shape index (κ3) is 3.71. The summed E-state index contributed by atoms with van der Waals surface area (Å²) in [5, 5.41) is 9.08. The largest absolute Gasteiger partial charge is 0.495 e. The minimum Gasteiger partial charge on any atom is -0.495 e. The van der Waals surface area contributed by atoms with Crippen LogP contribution < -0.4 is 9.46 Å². The second kappa shape index (κ2) is 6.23. The molecule has 1 aromatic rings. The van der Waals surface area contributed by atoms with E-state index < -0.39 is 22.0 Å². The van der Waals surface area contributed by atoms with Crippen LogP contribution in [0.5, 0.6) is 5.75 Å². The first kappa shape index (κ1) is 16.5. The van der Waals surface area contributed by atoms with Crippen molar-refractivity contribution < 1.29 is 23.1 Å². The Morgan fingerprint density at radius 1 is 1.35 bits per heavy atom. The van der Waals surface area contributed by atoms with Gasteiger partial charge in [-0.2, -0.15) is 4.72 Å². The number of hydrogen-bond donors (Lipinski definition) is 2. The van der Waals surface area contributed by atoms with E-state index in [9.17, 15) is 13.2 Å². The van der Waals surface area contributed by atoms with E-state index in [0.29, 0.717) is 0 Å². The maximum absolute atomic E-state index is 12.3. The van der Waals surface area contributed by atoms with Crippen molar-refractivity contribution in [1.29, 1.82) is 0 Å². The molecular formula is C13H19NO5S. The fraction of sp³-hybridized carbons (Fsp3) is 0.462. The quantitative estimate of drug-likeness (QED) is 0.828. The number of aryl methyl sites for hydroxylation is 1. The Morgan fingerprint density at radius 2 is 1.95 bits per heavy atom. The van der Waals surface area contributed by atoms with Crippen molar-refractivity contribution in [3.8, 4) is 5.75 Å². The average molecular weight is 301 g/mol. The highest BCUT2D eigenvalue weighted by molar-refractivity contribution is 7.89. The number of sulfonamides is 1. The third-order valence-corrected chi connectivity index (χ3v) is 4.29. The molecule has 1 atom stereocenters. The Bertz CT molecular complexity index is 595. The predicted molar refractivity (Wildman–Crippen MR) is 74.3 cm³/mol. The molecule has 20 heavy (non-hydrogen) atoms. The number of carbonyl (C=O) groups is 1. The number of methoxy groups -OCH3 is 1. The first-order chi connectivity index (χ1) is 9.19. The van der Waals surface area contributed by atoms with Crippen molar-refractivity contribution in [3.63, 3.8) is 0 Å². The molecule has 2 N–H and O–H groups in total. The fourth-order valence-electron chi connectivity index (χ4n) is 1.70. The molecule has 0 heterocycles. The summed E-state index contributed by atoms with van der Waals surface area (Å²) < 4.78 is 31.9. The van der Waals surface area contributed by atoms with Crippen molar-refractivity contribution in [3.05, 3.63) is 23.8 Å². The molecule has 0 spiro atoms. The molecule has 1 aromatic carbocycles. The summed E-state index contributed by atoms with van der Waals surface area (Å²) in [7, 11) is -2.61. The second-order valence-corrected chi connectivity index (χ2v) is 6.52. The number of carboxylic acids is 1. The number of rotatable bonds is 6. The highest BCUT2D eigenvalue weighted by Gasteiger charge is 2.29. The summed E-state index contributed by atoms with van der Waals surface area (Å²) >= 11 is 0. The number of nitrogens with one attached hydrogen (secondary N) is 1. The minimum atomic E-state index is -3.97. The highest BCUT2D eigenvalue weighted by atomic mass is 32.2. The van der Waals surface area contributed by atoms with Gasteiger partial charge >= 0.3 is 5.97 Å². The lowest BCUT2D eigenvalue weighted by Gasteiger charge is -2.19. The van der Waals surface area contributed by atoms with Crippen molar-refractivity contribution in [2.75, 3.05) is 7.11 Å². The lowest BCUT2D eigenvalue weighted by atomic mass is 10.1. The number of benzene rings is 1. The van der Waals surface area contributed by atoms with Crippen molar-refractivity contribution >= 4 is 16.0 Å². The molecule has 0 amide bonds. The molecule has 1 rings (SSSR count). The van der Waals surface area contributed by atoms with Crippen LogP contribution in [-0.2, 0) is 14.8 Å². The molecular weight excluding hydrogens is 282 g/mol. The van der Waals surface area contributed by atoms with E-state index in [2.05, 4.69) is 4.72 Å². The molecule has 0 unspecified atom stereocenters.